The average Bonchev–Trinajstić information content (AvgIpc) is 2.16. The van der Waals surface area contributed by atoms with Crippen molar-refractivity contribution >= 4 is 5.97 Å². The van der Waals surface area contributed by atoms with Crippen molar-refractivity contribution in [3.05, 3.63) is 34.9 Å². The molecule has 1 aromatic carbocycles. The summed E-state index contributed by atoms with van der Waals surface area (Å²) < 4.78 is 0. The number of carboxylic acid groups (broad SMARTS) is 1. The maximum atomic E-state index is 10.7. The largest absolute Gasteiger partial charge is 0.478 e. The molecule has 0 atom stereocenters. The second-order valence-corrected chi connectivity index (χ2v) is 2.26. The van der Waals surface area contributed by atoms with Gasteiger partial charge in [0.05, 0.1) is 16.7 Å². The lowest BCUT2D eigenvalue weighted by Crippen LogP contribution is -2.03. The van der Waals surface area contributed by atoms with Gasteiger partial charge < -0.3 is 5.11 Å². The first-order chi connectivity index (χ1) is 6.20. The summed E-state index contributed by atoms with van der Waals surface area (Å²) in [6.07, 6.45) is 0. The number of nitrogens with zero attached hydrogens (tertiary/aromatic N) is 2. The van der Waals surface area contributed by atoms with Gasteiger partial charge in [0.25, 0.3) is 0 Å². The molecule has 0 aliphatic heterocycles. The minimum atomic E-state index is -1.26. The Balaban J connectivity index is 3.52. The summed E-state index contributed by atoms with van der Waals surface area (Å²) in [6, 6.07) is 7.65. The van der Waals surface area contributed by atoms with Crippen LogP contribution in [0.2, 0.25) is 0 Å². The van der Waals surface area contributed by atoms with Crippen LogP contribution in [0.25, 0.3) is 0 Å². The highest BCUT2D eigenvalue weighted by Gasteiger charge is 2.14. The molecule has 4 heteroatoms. The maximum Gasteiger partial charge on any atom is 0.338 e. The lowest BCUT2D eigenvalue weighted by Gasteiger charge is -1.98. The molecule has 0 radical (unpaired) electrons. The minimum Gasteiger partial charge on any atom is -0.478 e. The van der Waals surface area contributed by atoms with E-state index in [2.05, 4.69) is 0 Å². The summed E-state index contributed by atoms with van der Waals surface area (Å²) in [5.41, 5.74) is -0.217. The lowest BCUT2D eigenvalue weighted by atomic mass is 10.0. The van der Waals surface area contributed by atoms with Crippen LogP contribution < -0.4 is 0 Å². The Labute approximate surface area is 74.3 Å². The topological polar surface area (TPSA) is 84.9 Å². The Morgan fingerprint density at radius 2 is 1.69 bits per heavy atom. The van der Waals surface area contributed by atoms with E-state index in [-0.39, 0.29) is 16.7 Å². The second-order valence-electron chi connectivity index (χ2n) is 2.26. The van der Waals surface area contributed by atoms with Crippen LogP contribution in [0.5, 0.6) is 0 Å². The Morgan fingerprint density at radius 3 is 2.00 bits per heavy atom. The third-order valence-electron chi connectivity index (χ3n) is 1.52. The molecular formula is C9H4N2O2. The summed E-state index contributed by atoms with van der Waals surface area (Å²) in [5, 5.41) is 25.8. The van der Waals surface area contributed by atoms with Crippen LogP contribution in [0, 0.1) is 22.7 Å². The van der Waals surface area contributed by atoms with Gasteiger partial charge in [-0.2, -0.15) is 10.5 Å². The summed E-state index contributed by atoms with van der Waals surface area (Å²) in [6.45, 7) is 0. The van der Waals surface area contributed by atoms with Gasteiger partial charge in [-0.25, -0.2) is 4.79 Å². The molecule has 0 spiro atoms. The summed E-state index contributed by atoms with van der Waals surface area (Å²) in [4.78, 5) is 10.7. The van der Waals surface area contributed by atoms with E-state index in [1.54, 1.807) is 12.1 Å². The molecule has 0 fully saturated rings. The highest BCUT2D eigenvalue weighted by Crippen LogP contribution is 2.12. The van der Waals surface area contributed by atoms with Crippen LogP contribution in [-0.4, -0.2) is 11.1 Å². The highest BCUT2D eigenvalue weighted by molar-refractivity contribution is 5.93. The van der Waals surface area contributed by atoms with Crippen molar-refractivity contribution in [2.24, 2.45) is 0 Å². The van der Waals surface area contributed by atoms with Gasteiger partial charge in [0, 0.05) is 0 Å². The summed E-state index contributed by atoms with van der Waals surface area (Å²) in [7, 11) is 0. The van der Waals surface area contributed by atoms with Gasteiger partial charge in [-0.05, 0) is 12.1 Å². The molecule has 4 nitrogen and oxygen atoms in total. The first-order valence-corrected chi connectivity index (χ1v) is 3.37. The van der Waals surface area contributed by atoms with Crippen molar-refractivity contribution in [2.45, 2.75) is 0 Å². The maximum absolute atomic E-state index is 10.7. The van der Waals surface area contributed by atoms with Gasteiger partial charge in [-0.3, -0.25) is 0 Å². The number of benzene rings is 1. The van der Waals surface area contributed by atoms with E-state index in [4.69, 9.17) is 15.6 Å². The molecule has 0 aliphatic rings. The summed E-state index contributed by atoms with van der Waals surface area (Å²) in [5.74, 6) is -1.26. The number of carbonyl (C=O) groups is 1. The van der Waals surface area contributed by atoms with Crippen LogP contribution in [0.3, 0.4) is 0 Å². The van der Waals surface area contributed by atoms with Crippen molar-refractivity contribution in [3.8, 4) is 12.1 Å². The predicted octanol–water partition coefficient (Wildman–Crippen LogP) is 1.13. The van der Waals surface area contributed by atoms with Crippen LogP contribution in [0.1, 0.15) is 21.5 Å². The van der Waals surface area contributed by atoms with E-state index in [0.29, 0.717) is 0 Å². The molecule has 0 saturated heterocycles. The first-order valence-electron chi connectivity index (χ1n) is 3.37. The molecule has 0 aliphatic carbocycles. The highest BCUT2D eigenvalue weighted by atomic mass is 16.4. The van der Waals surface area contributed by atoms with Crippen LogP contribution in [-0.2, 0) is 0 Å². The Hall–Kier alpha value is -2.33. The zero-order chi connectivity index (χ0) is 9.84. The Kier molecular flexibility index (Phi) is 2.28. The molecule has 1 aromatic rings. The number of rotatable bonds is 1. The smallest absolute Gasteiger partial charge is 0.338 e. The fraction of sp³-hybridized carbons (Fsp3) is 0. The SMILES string of the molecule is N#Cc1cccc(C#N)c1C(=O)O. The number of nitriles is 2. The molecule has 13 heavy (non-hydrogen) atoms. The molecule has 0 aromatic heterocycles. The molecule has 1 rings (SSSR count). The minimum absolute atomic E-state index is 0.00606. The Morgan fingerprint density at radius 1 is 1.23 bits per heavy atom. The van der Waals surface area contributed by atoms with E-state index in [1.807, 2.05) is 0 Å². The lowest BCUT2D eigenvalue weighted by molar-refractivity contribution is 0.0696. The monoisotopic (exact) mass is 172 g/mol. The molecular weight excluding hydrogens is 168 g/mol. The normalized spacial score (nSPS) is 8.46. The molecule has 0 saturated carbocycles. The van der Waals surface area contributed by atoms with E-state index in [0.717, 1.165) is 0 Å². The summed E-state index contributed by atoms with van der Waals surface area (Å²) >= 11 is 0. The van der Waals surface area contributed by atoms with Crippen LogP contribution >= 0.6 is 0 Å². The first kappa shape index (κ1) is 8.76. The van der Waals surface area contributed by atoms with Crippen molar-refractivity contribution in [1.82, 2.24) is 0 Å². The molecule has 0 heterocycles. The third kappa shape index (κ3) is 1.47. The average molecular weight is 172 g/mol. The van der Waals surface area contributed by atoms with Gasteiger partial charge >= 0.3 is 5.97 Å². The fourth-order valence-corrected chi connectivity index (χ4v) is 0.969. The molecule has 0 bridgehead atoms. The van der Waals surface area contributed by atoms with Gasteiger partial charge in [-0.15, -0.1) is 0 Å². The molecule has 62 valence electrons. The predicted molar refractivity (Wildman–Crippen MR) is 42.8 cm³/mol. The van der Waals surface area contributed by atoms with Crippen molar-refractivity contribution < 1.29 is 9.90 Å². The van der Waals surface area contributed by atoms with Crippen LogP contribution in [0.4, 0.5) is 0 Å². The van der Waals surface area contributed by atoms with E-state index >= 15 is 0 Å². The third-order valence-corrected chi connectivity index (χ3v) is 1.52. The van der Waals surface area contributed by atoms with E-state index in [1.165, 1.54) is 18.2 Å². The van der Waals surface area contributed by atoms with Crippen molar-refractivity contribution in [1.29, 1.82) is 10.5 Å². The number of carboxylic acids is 1. The number of hydrogen-bond acceptors (Lipinski definition) is 3. The fourth-order valence-electron chi connectivity index (χ4n) is 0.969. The number of aromatic carboxylic acids is 1. The molecule has 1 N–H and O–H groups in total. The van der Waals surface area contributed by atoms with Gasteiger partial charge in [0.2, 0.25) is 0 Å². The van der Waals surface area contributed by atoms with Gasteiger partial charge in [0.15, 0.2) is 0 Å². The quantitative estimate of drug-likeness (QED) is 0.687. The molecule has 0 unspecified atom stereocenters. The van der Waals surface area contributed by atoms with Crippen LogP contribution in [0.15, 0.2) is 18.2 Å². The van der Waals surface area contributed by atoms with E-state index in [9.17, 15) is 4.79 Å². The standard InChI is InChI=1S/C9H4N2O2/c10-4-6-2-1-3-7(5-11)8(6)9(12)13/h1-3H,(H,12,13). The second kappa shape index (κ2) is 3.38. The number of hydrogen-bond donors (Lipinski definition) is 1. The van der Waals surface area contributed by atoms with Crippen molar-refractivity contribution in [3.63, 3.8) is 0 Å². The molecule has 0 amide bonds. The van der Waals surface area contributed by atoms with Gasteiger partial charge in [0.1, 0.15) is 12.1 Å². The zero-order valence-electron chi connectivity index (χ0n) is 6.48. The van der Waals surface area contributed by atoms with E-state index < -0.39 is 5.97 Å². The van der Waals surface area contributed by atoms with Crippen molar-refractivity contribution in [2.75, 3.05) is 0 Å². The Bertz CT molecular complexity index is 406. The van der Waals surface area contributed by atoms with Gasteiger partial charge in [-0.1, -0.05) is 6.07 Å². The zero-order valence-corrected chi connectivity index (χ0v) is 6.48.